The summed E-state index contributed by atoms with van der Waals surface area (Å²) in [5.74, 6) is 1.59. The molecule has 0 atom stereocenters. The first-order valence-corrected chi connectivity index (χ1v) is 6.94. The standard InChI is InChI=1S/C13H19NO3S/c1-17-11-6-5-7-12(10-11)18-9-4-2-3-8-13(15)14-16/h5-7,10,16H,2-4,8-9H2,1H3,(H,14,15). The smallest absolute Gasteiger partial charge is 0.243 e. The van der Waals surface area contributed by atoms with Crippen molar-refractivity contribution in [2.45, 2.75) is 30.6 Å². The lowest BCUT2D eigenvalue weighted by Gasteiger charge is -2.04. The molecule has 18 heavy (non-hydrogen) atoms. The van der Waals surface area contributed by atoms with Gasteiger partial charge >= 0.3 is 0 Å². The van der Waals surface area contributed by atoms with Gasteiger partial charge in [0.25, 0.3) is 0 Å². The van der Waals surface area contributed by atoms with Crippen LogP contribution in [0.2, 0.25) is 0 Å². The average molecular weight is 269 g/mol. The summed E-state index contributed by atoms with van der Waals surface area (Å²) >= 11 is 1.78. The minimum Gasteiger partial charge on any atom is -0.497 e. The van der Waals surface area contributed by atoms with Crippen molar-refractivity contribution in [3.8, 4) is 5.75 Å². The third kappa shape index (κ3) is 5.93. The van der Waals surface area contributed by atoms with Crippen molar-refractivity contribution in [1.82, 2.24) is 5.48 Å². The summed E-state index contributed by atoms with van der Waals surface area (Å²) in [6, 6.07) is 7.99. The highest BCUT2D eigenvalue weighted by atomic mass is 32.2. The zero-order valence-corrected chi connectivity index (χ0v) is 11.3. The summed E-state index contributed by atoms with van der Waals surface area (Å²) in [6.45, 7) is 0. The highest BCUT2D eigenvalue weighted by Crippen LogP contribution is 2.23. The highest BCUT2D eigenvalue weighted by molar-refractivity contribution is 7.99. The van der Waals surface area contributed by atoms with Crippen molar-refractivity contribution in [1.29, 1.82) is 0 Å². The summed E-state index contributed by atoms with van der Waals surface area (Å²) in [7, 11) is 1.66. The Morgan fingerprint density at radius 1 is 1.39 bits per heavy atom. The third-order valence-electron chi connectivity index (χ3n) is 2.48. The molecule has 0 aromatic heterocycles. The van der Waals surface area contributed by atoms with E-state index < -0.39 is 0 Å². The molecule has 0 bridgehead atoms. The van der Waals surface area contributed by atoms with Gasteiger partial charge in [0.15, 0.2) is 0 Å². The Bertz CT molecular complexity index is 371. The molecule has 1 aromatic rings. The number of hydrogen-bond donors (Lipinski definition) is 2. The number of hydroxylamine groups is 1. The number of carbonyl (C=O) groups excluding carboxylic acids is 1. The van der Waals surface area contributed by atoms with Crippen molar-refractivity contribution in [2.24, 2.45) is 0 Å². The van der Waals surface area contributed by atoms with Gasteiger partial charge in [0.1, 0.15) is 5.75 Å². The molecule has 0 spiro atoms. The van der Waals surface area contributed by atoms with Gasteiger partial charge in [-0.3, -0.25) is 10.0 Å². The molecule has 0 saturated heterocycles. The van der Waals surface area contributed by atoms with Crippen molar-refractivity contribution in [2.75, 3.05) is 12.9 Å². The second-order valence-electron chi connectivity index (χ2n) is 3.87. The van der Waals surface area contributed by atoms with E-state index in [0.29, 0.717) is 6.42 Å². The van der Waals surface area contributed by atoms with Crippen molar-refractivity contribution in [3.63, 3.8) is 0 Å². The van der Waals surface area contributed by atoms with Gasteiger partial charge in [-0.05, 0) is 36.8 Å². The lowest BCUT2D eigenvalue weighted by Crippen LogP contribution is -2.17. The zero-order valence-electron chi connectivity index (χ0n) is 10.5. The molecule has 0 aliphatic rings. The molecule has 0 unspecified atom stereocenters. The Labute approximate surface area is 112 Å². The van der Waals surface area contributed by atoms with Crippen LogP contribution in [0.3, 0.4) is 0 Å². The van der Waals surface area contributed by atoms with Crippen molar-refractivity contribution >= 4 is 17.7 Å². The monoisotopic (exact) mass is 269 g/mol. The minimum absolute atomic E-state index is 0.310. The van der Waals surface area contributed by atoms with Crippen LogP contribution in [0.25, 0.3) is 0 Å². The maximum Gasteiger partial charge on any atom is 0.243 e. The average Bonchev–Trinajstić information content (AvgIpc) is 2.42. The topological polar surface area (TPSA) is 58.6 Å². The first-order chi connectivity index (χ1) is 8.76. The van der Waals surface area contributed by atoms with Crippen LogP contribution in [0.4, 0.5) is 0 Å². The number of carbonyl (C=O) groups is 1. The Morgan fingerprint density at radius 3 is 2.94 bits per heavy atom. The summed E-state index contributed by atoms with van der Waals surface area (Å²) in [5.41, 5.74) is 1.64. The lowest BCUT2D eigenvalue weighted by molar-refractivity contribution is -0.129. The van der Waals surface area contributed by atoms with E-state index in [1.165, 1.54) is 4.90 Å². The van der Waals surface area contributed by atoms with Crippen LogP contribution in [0.5, 0.6) is 5.75 Å². The molecular weight excluding hydrogens is 250 g/mol. The second kappa shape index (κ2) is 8.83. The molecular formula is C13H19NO3S. The van der Waals surface area contributed by atoms with Crippen LogP contribution in [-0.4, -0.2) is 24.0 Å². The Hall–Kier alpha value is -1.20. The summed E-state index contributed by atoms with van der Waals surface area (Å²) in [5, 5.41) is 8.32. The maximum atomic E-state index is 10.8. The summed E-state index contributed by atoms with van der Waals surface area (Å²) in [4.78, 5) is 12.0. The van der Waals surface area contributed by atoms with Crippen LogP contribution < -0.4 is 10.2 Å². The number of amides is 1. The van der Waals surface area contributed by atoms with Gasteiger partial charge in [-0.25, -0.2) is 5.48 Å². The molecule has 1 amide bonds. The van der Waals surface area contributed by atoms with Gasteiger partial charge in [-0.1, -0.05) is 12.5 Å². The predicted molar refractivity (Wildman–Crippen MR) is 72.1 cm³/mol. The molecule has 100 valence electrons. The van der Waals surface area contributed by atoms with E-state index in [9.17, 15) is 4.79 Å². The van der Waals surface area contributed by atoms with Gasteiger partial charge in [-0.15, -0.1) is 11.8 Å². The quantitative estimate of drug-likeness (QED) is 0.330. The van der Waals surface area contributed by atoms with E-state index >= 15 is 0 Å². The Balaban J connectivity index is 2.12. The number of ether oxygens (including phenoxy) is 1. The first kappa shape index (κ1) is 14.9. The van der Waals surface area contributed by atoms with Crippen LogP contribution in [0.1, 0.15) is 25.7 Å². The van der Waals surface area contributed by atoms with Crippen molar-refractivity contribution in [3.05, 3.63) is 24.3 Å². The van der Waals surface area contributed by atoms with Crippen molar-refractivity contribution < 1.29 is 14.7 Å². The molecule has 5 heteroatoms. The van der Waals surface area contributed by atoms with E-state index in [1.807, 2.05) is 18.2 Å². The molecule has 0 radical (unpaired) electrons. The Morgan fingerprint density at radius 2 is 2.22 bits per heavy atom. The third-order valence-corrected chi connectivity index (χ3v) is 3.56. The number of benzene rings is 1. The van der Waals surface area contributed by atoms with Gasteiger partial charge < -0.3 is 4.74 Å². The van der Waals surface area contributed by atoms with E-state index in [-0.39, 0.29) is 5.91 Å². The molecule has 1 aromatic carbocycles. The van der Waals surface area contributed by atoms with Gasteiger partial charge in [0.05, 0.1) is 7.11 Å². The normalized spacial score (nSPS) is 10.1. The number of unbranched alkanes of at least 4 members (excludes halogenated alkanes) is 2. The molecule has 1 rings (SSSR count). The fourth-order valence-electron chi connectivity index (χ4n) is 1.50. The van der Waals surface area contributed by atoms with E-state index in [2.05, 4.69) is 6.07 Å². The van der Waals surface area contributed by atoms with Crippen LogP contribution in [0.15, 0.2) is 29.2 Å². The number of nitrogens with one attached hydrogen (secondary N) is 1. The first-order valence-electron chi connectivity index (χ1n) is 5.96. The fourth-order valence-corrected chi connectivity index (χ4v) is 2.46. The van der Waals surface area contributed by atoms with Crippen LogP contribution in [-0.2, 0) is 4.79 Å². The molecule has 0 fully saturated rings. The Kier molecular flexibility index (Phi) is 7.29. The predicted octanol–water partition coefficient (Wildman–Crippen LogP) is 2.85. The van der Waals surface area contributed by atoms with Gasteiger partial charge in [0, 0.05) is 11.3 Å². The lowest BCUT2D eigenvalue weighted by atomic mass is 10.2. The highest BCUT2D eigenvalue weighted by Gasteiger charge is 1.99. The molecule has 0 saturated carbocycles. The summed E-state index contributed by atoms with van der Waals surface area (Å²) in [6.07, 6.45) is 3.25. The molecule has 0 heterocycles. The van der Waals surface area contributed by atoms with E-state index in [4.69, 9.17) is 9.94 Å². The minimum atomic E-state index is -0.310. The van der Waals surface area contributed by atoms with E-state index in [1.54, 1.807) is 24.4 Å². The maximum absolute atomic E-state index is 10.8. The number of rotatable bonds is 8. The zero-order chi connectivity index (χ0) is 13.2. The SMILES string of the molecule is COc1cccc(SCCCCCC(=O)NO)c1. The van der Waals surface area contributed by atoms with Gasteiger partial charge in [0.2, 0.25) is 5.91 Å². The number of methoxy groups -OCH3 is 1. The molecule has 0 aliphatic heterocycles. The summed E-state index contributed by atoms with van der Waals surface area (Å²) < 4.78 is 5.16. The fraction of sp³-hybridized carbons (Fsp3) is 0.462. The second-order valence-corrected chi connectivity index (χ2v) is 5.04. The number of hydrogen-bond acceptors (Lipinski definition) is 4. The number of thioether (sulfide) groups is 1. The van der Waals surface area contributed by atoms with E-state index in [0.717, 1.165) is 30.8 Å². The molecule has 2 N–H and O–H groups in total. The molecule has 0 aliphatic carbocycles. The largest absolute Gasteiger partial charge is 0.497 e. The van der Waals surface area contributed by atoms with Crippen LogP contribution >= 0.6 is 11.8 Å². The molecule has 4 nitrogen and oxygen atoms in total. The van der Waals surface area contributed by atoms with Gasteiger partial charge in [-0.2, -0.15) is 0 Å². The van der Waals surface area contributed by atoms with Crippen LogP contribution in [0, 0.1) is 0 Å².